The van der Waals surface area contributed by atoms with Crippen molar-refractivity contribution < 1.29 is 18.7 Å². The highest BCUT2D eigenvalue weighted by Crippen LogP contribution is 2.20. The summed E-state index contributed by atoms with van der Waals surface area (Å²) in [5.41, 5.74) is 0.741. The third kappa shape index (κ3) is 5.15. The lowest BCUT2D eigenvalue weighted by Gasteiger charge is -2.21. The molecule has 0 aliphatic rings. The fraction of sp³-hybridized carbons (Fsp3) is 0.333. The Balaban J connectivity index is 1.88. The monoisotopic (exact) mass is 330 g/mol. The number of carbonyl (C=O) groups excluding carboxylic acids is 2. The van der Waals surface area contributed by atoms with Crippen molar-refractivity contribution >= 4 is 17.5 Å². The smallest absolute Gasteiger partial charge is 0.223 e. The van der Waals surface area contributed by atoms with Crippen molar-refractivity contribution in [2.75, 3.05) is 18.1 Å². The second-order valence-electron chi connectivity index (χ2n) is 5.20. The number of hydrogen-bond donors (Lipinski definition) is 1. The summed E-state index contributed by atoms with van der Waals surface area (Å²) in [7, 11) is 0. The number of carbonyl (C=O) groups is 2. The molecule has 0 unspecified atom stereocenters. The van der Waals surface area contributed by atoms with Gasteiger partial charge in [-0.2, -0.15) is 0 Å². The maximum absolute atomic E-state index is 11.9. The van der Waals surface area contributed by atoms with E-state index in [1.807, 2.05) is 31.2 Å². The van der Waals surface area contributed by atoms with Crippen LogP contribution in [0.5, 0.6) is 5.75 Å². The van der Waals surface area contributed by atoms with E-state index in [4.69, 9.17) is 9.15 Å². The van der Waals surface area contributed by atoms with Crippen molar-refractivity contribution in [3.8, 4) is 5.75 Å². The van der Waals surface area contributed by atoms with Gasteiger partial charge in [-0.25, -0.2) is 0 Å². The van der Waals surface area contributed by atoms with Crippen LogP contribution >= 0.6 is 0 Å². The van der Waals surface area contributed by atoms with Crippen LogP contribution in [-0.2, 0) is 16.1 Å². The van der Waals surface area contributed by atoms with E-state index in [1.165, 1.54) is 6.92 Å². The second kappa shape index (κ2) is 8.76. The summed E-state index contributed by atoms with van der Waals surface area (Å²) >= 11 is 0. The van der Waals surface area contributed by atoms with Crippen LogP contribution in [0, 0.1) is 0 Å². The number of amides is 2. The van der Waals surface area contributed by atoms with Gasteiger partial charge in [-0.1, -0.05) is 0 Å². The number of hydrogen-bond acceptors (Lipinski definition) is 4. The van der Waals surface area contributed by atoms with Crippen LogP contribution in [0.25, 0.3) is 0 Å². The van der Waals surface area contributed by atoms with Gasteiger partial charge in [-0.05, 0) is 43.3 Å². The quantitative estimate of drug-likeness (QED) is 0.808. The highest BCUT2D eigenvalue weighted by atomic mass is 16.5. The minimum absolute atomic E-state index is 0.113. The third-order valence-corrected chi connectivity index (χ3v) is 3.44. The van der Waals surface area contributed by atoms with E-state index in [2.05, 4.69) is 5.32 Å². The van der Waals surface area contributed by atoms with Gasteiger partial charge in [0.1, 0.15) is 11.5 Å². The van der Waals surface area contributed by atoms with Gasteiger partial charge in [0.25, 0.3) is 0 Å². The van der Waals surface area contributed by atoms with Crippen molar-refractivity contribution in [3.63, 3.8) is 0 Å². The van der Waals surface area contributed by atoms with Gasteiger partial charge in [0.05, 0.1) is 19.4 Å². The molecule has 0 bridgehead atoms. The molecule has 1 aromatic carbocycles. The second-order valence-corrected chi connectivity index (χ2v) is 5.20. The SMILES string of the molecule is CCOc1ccc(N(CCC(=O)NCc2ccco2)C(C)=O)cc1. The van der Waals surface area contributed by atoms with Crippen LogP contribution in [0.15, 0.2) is 47.1 Å². The highest BCUT2D eigenvalue weighted by Gasteiger charge is 2.13. The fourth-order valence-electron chi connectivity index (χ4n) is 2.26. The van der Waals surface area contributed by atoms with E-state index in [-0.39, 0.29) is 18.2 Å². The van der Waals surface area contributed by atoms with Gasteiger partial charge in [0, 0.05) is 25.6 Å². The van der Waals surface area contributed by atoms with Crippen LogP contribution in [0.2, 0.25) is 0 Å². The zero-order valence-corrected chi connectivity index (χ0v) is 14.0. The molecule has 2 rings (SSSR count). The standard InChI is InChI=1S/C18H22N2O4/c1-3-23-16-8-6-15(7-9-16)20(14(2)21)11-10-18(22)19-13-17-5-4-12-24-17/h4-9,12H,3,10-11,13H2,1-2H3,(H,19,22). The zero-order chi connectivity index (χ0) is 17.4. The molecule has 0 radical (unpaired) electrons. The maximum atomic E-state index is 11.9. The summed E-state index contributed by atoms with van der Waals surface area (Å²) < 4.78 is 10.5. The topological polar surface area (TPSA) is 71.8 Å². The third-order valence-electron chi connectivity index (χ3n) is 3.44. The van der Waals surface area contributed by atoms with Gasteiger partial charge in [0.2, 0.25) is 11.8 Å². The van der Waals surface area contributed by atoms with E-state index in [0.717, 1.165) is 11.4 Å². The van der Waals surface area contributed by atoms with E-state index in [1.54, 1.807) is 23.3 Å². The molecule has 0 saturated carbocycles. The van der Waals surface area contributed by atoms with Crippen molar-refractivity contribution in [2.24, 2.45) is 0 Å². The summed E-state index contributed by atoms with van der Waals surface area (Å²) in [5.74, 6) is 1.20. The van der Waals surface area contributed by atoms with Gasteiger partial charge >= 0.3 is 0 Å². The number of benzene rings is 1. The average Bonchev–Trinajstić information content (AvgIpc) is 3.08. The first-order chi connectivity index (χ1) is 11.6. The number of ether oxygens (including phenoxy) is 1. The van der Waals surface area contributed by atoms with E-state index in [0.29, 0.717) is 25.5 Å². The molecule has 2 aromatic rings. The van der Waals surface area contributed by atoms with Gasteiger partial charge in [-0.15, -0.1) is 0 Å². The summed E-state index contributed by atoms with van der Waals surface area (Å²) in [5, 5.41) is 2.77. The normalized spacial score (nSPS) is 10.2. The Morgan fingerprint density at radius 2 is 1.96 bits per heavy atom. The molecule has 2 amide bonds. The molecule has 24 heavy (non-hydrogen) atoms. The molecule has 1 aromatic heterocycles. The lowest BCUT2D eigenvalue weighted by atomic mass is 10.2. The van der Waals surface area contributed by atoms with E-state index >= 15 is 0 Å². The predicted octanol–water partition coefficient (Wildman–Crippen LogP) is 2.74. The van der Waals surface area contributed by atoms with Crippen LogP contribution in [-0.4, -0.2) is 25.0 Å². The minimum atomic E-state index is -0.136. The Morgan fingerprint density at radius 3 is 2.54 bits per heavy atom. The lowest BCUT2D eigenvalue weighted by molar-refractivity contribution is -0.121. The molecule has 0 fully saturated rings. The number of anilines is 1. The molecular weight excluding hydrogens is 308 g/mol. The molecule has 1 N–H and O–H groups in total. The molecule has 6 heteroatoms. The molecule has 1 heterocycles. The van der Waals surface area contributed by atoms with Crippen molar-refractivity contribution in [1.29, 1.82) is 0 Å². The summed E-state index contributed by atoms with van der Waals surface area (Å²) in [6.45, 7) is 4.64. The van der Waals surface area contributed by atoms with Crippen LogP contribution in [0.1, 0.15) is 26.0 Å². The van der Waals surface area contributed by atoms with E-state index in [9.17, 15) is 9.59 Å². The first-order valence-corrected chi connectivity index (χ1v) is 7.90. The Kier molecular flexibility index (Phi) is 6.42. The van der Waals surface area contributed by atoms with E-state index < -0.39 is 0 Å². The number of nitrogens with zero attached hydrogens (tertiary/aromatic N) is 1. The predicted molar refractivity (Wildman–Crippen MR) is 90.8 cm³/mol. The number of rotatable bonds is 8. The molecule has 0 atom stereocenters. The Morgan fingerprint density at radius 1 is 1.21 bits per heavy atom. The fourth-order valence-corrected chi connectivity index (χ4v) is 2.26. The Labute approximate surface area is 141 Å². The first kappa shape index (κ1) is 17.6. The minimum Gasteiger partial charge on any atom is -0.494 e. The average molecular weight is 330 g/mol. The number of nitrogens with one attached hydrogen (secondary N) is 1. The van der Waals surface area contributed by atoms with Crippen molar-refractivity contribution in [1.82, 2.24) is 5.32 Å². The molecule has 128 valence electrons. The van der Waals surface area contributed by atoms with Crippen LogP contribution in [0.4, 0.5) is 5.69 Å². The summed E-state index contributed by atoms with van der Waals surface area (Å²) in [6, 6.07) is 10.8. The molecule has 6 nitrogen and oxygen atoms in total. The number of furan rings is 1. The molecule has 0 aliphatic heterocycles. The summed E-state index contributed by atoms with van der Waals surface area (Å²) in [6.07, 6.45) is 1.78. The largest absolute Gasteiger partial charge is 0.494 e. The first-order valence-electron chi connectivity index (χ1n) is 7.90. The Hall–Kier alpha value is -2.76. The molecule has 0 spiro atoms. The zero-order valence-electron chi connectivity index (χ0n) is 14.0. The van der Waals surface area contributed by atoms with Gasteiger partial charge in [0.15, 0.2) is 0 Å². The van der Waals surface area contributed by atoms with Crippen molar-refractivity contribution in [3.05, 3.63) is 48.4 Å². The van der Waals surface area contributed by atoms with Crippen LogP contribution < -0.4 is 15.0 Å². The molecule has 0 aliphatic carbocycles. The molecular formula is C18H22N2O4. The van der Waals surface area contributed by atoms with Crippen LogP contribution in [0.3, 0.4) is 0 Å². The highest BCUT2D eigenvalue weighted by molar-refractivity contribution is 5.92. The maximum Gasteiger partial charge on any atom is 0.223 e. The lowest BCUT2D eigenvalue weighted by Crippen LogP contribution is -2.33. The van der Waals surface area contributed by atoms with Gasteiger partial charge < -0.3 is 19.4 Å². The molecule has 0 saturated heterocycles. The summed E-state index contributed by atoms with van der Waals surface area (Å²) in [4.78, 5) is 25.4. The van der Waals surface area contributed by atoms with Gasteiger partial charge in [-0.3, -0.25) is 9.59 Å². The Bertz CT molecular complexity index is 650. The van der Waals surface area contributed by atoms with Crippen molar-refractivity contribution in [2.45, 2.75) is 26.8 Å².